The Morgan fingerprint density at radius 2 is 2.35 bits per heavy atom. The first kappa shape index (κ1) is 11.0. The van der Waals surface area contributed by atoms with Crippen molar-refractivity contribution in [3.63, 3.8) is 0 Å². The molecule has 3 heterocycles. The van der Waals surface area contributed by atoms with Gasteiger partial charge in [0.2, 0.25) is 11.8 Å². The van der Waals surface area contributed by atoms with Crippen LogP contribution in [0, 0.1) is 0 Å². The van der Waals surface area contributed by atoms with Crippen LogP contribution in [-0.2, 0) is 16.1 Å². The zero-order valence-corrected chi connectivity index (χ0v) is 10.6. The first-order chi connectivity index (χ1) is 8.24. The molecule has 3 rings (SSSR count). The summed E-state index contributed by atoms with van der Waals surface area (Å²) in [7, 11) is 0. The van der Waals surface area contributed by atoms with Crippen molar-refractivity contribution in [1.82, 2.24) is 9.88 Å². The molecule has 1 atom stereocenters. The largest absolute Gasteiger partial charge is 0.475 e. The van der Waals surface area contributed by atoms with E-state index >= 15 is 0 Å². The molecule has 2 aliphatic heterocycles. The molecule has 0 saturated carbocycles. The van der Waals surface area contributed by atoms with Gasteiger partial charge in [-0.3, -0.25) is 4.79 Å². The van der Waals surface area contributed by atoms with Gasteiger partial charge in [-0.2, -0.15) is 0 Å². The van der Waals surface area contributed by atoms with Crippen molar-refractivity contribution in [2.24, 2.45) is 0 Å². The van der Waals surface area contributed by atoms with E-state index in [0.717, 1.165) is 10.0 Å². The van der Waals surface area contributed by atoms with Gasteiger partial charge < -0.3 is 14.4 Å². The van der Waals surface area contributed by atoms with Crippen molar-refractivity contribution in [2.45, 2.75) is 12.6 Å². The fourth-order valence-electron chi connectivity index (χ4n) is 2.08. The van der Waals surface area contributed by atoms with Gasteiger partial charge in [-0.05, 0) is 22.0 Å². The van der Waals surface area contributed by atoms with Gasteiger partial charge in [0.25, 0.3) is 0 Å². The van der Waals surface area contributed by atoms with Crippen LogP contribution in [0.2, 0.25) is 0 Å². The number of hydrogen-bond donors (Lipinski definition) is 0. The van der Waals surface area contributed by atoms with Gasteiger partial charge >= 0.3 is 0 Å². The molecule has 1 aromatic heterocycles. The van der Waals surface area contributed by atoms with Gasteiger partial charge in [0.1, 0.15) is 13.2 Å². The van der Waals surface area contributed by atoms with E-state index in [9.17, 15) is 4.79 Å². The van der Waals surface area contributed by atoms with Crippen molar-refractivity contribution in [3.8, 4) is 5.88 Å². The Morgan fingerprint density at radius 1 is 1.47 bits per heavy atom. The Morgan fingerprint density at radius 3 is 3.24 bits per heavy atom. The molecule has 0 radical (unpaired) electrons. The molecule has 0 N–H and O–H groups in total. The van der Waals surface area contributed by atoms with E-state index < -0.39 is 0 Å². The lowest BCUT2D eigenvalue weighted by molar-refractivity contribution is -0.149. The Balaban J connectivity index is 1.95. The number of halogens is 1. The number of nitrogens with zero attached hydrogens (tertiary/aromatic N) is 2. The third-order valence-electron chi connectivity index (χ3n) is 2.94. The summed E-state index contributed by atoms with van der Waals surface area (Å²) in [6.45, 7) is 1.66. The number of amides is 1. The lowest BCUT2D eigenvalue weighted by atomic mass is 10.2. The monoisotopic (exact) mass is 298 g/mol. The minimum Gasteiger partial charge on any atom is -0.475 e. The number of morpholine rings is 1. The molecule has 0 bridgehead atoms. The fraction of sp³-hybridized carbons (Fsp3) is 0.455. The van der Waals surface area contributed by atoms with Gasteiger partial charge in [0.05, 0.1) is 19.2 Å². The van der Waals surface area contributed by atoms with Gasteiger partial charge in [-0.15, -0.1) is 0 Å². The SMILES string of the molecule is O=C1COC[C@H]2COc3ncc(Br)cc3CN12. The van der Waals surface area contributed by atoms with E-state index in [1.165, 1.54) is 0 Å². The molecule has 2 aliphatic rings. The van der Waals surface area contributed by atoms with Crippen molar-refractivity contribution >= 4 is 21.8 Å². The average molecular weight is 299 g/mol. The van der Waals surface area contributed by atoms with Crippen LogP contribution in [0.5, 0.6) is 5.88 Å². The molecular weight excluding hydrogens is 288 g/mol. The van der Waals surface area contributed by atoms with Crippen LogP contribution in [0.25, 0.3) is 0 Å². The normalized spacial score (nSPS) is 23.5. The Labute approximate surface area is 107 Å². The van der Waals surface area contributed by atoms with Crippen LogP contribution in [0.1, 0.15) is 5.56 Å². The number of rotatable bonds is 0. The summed E-state index contributed by atoms with van der Waals surface area (Å²) in [5.74, 6) is 0.619. The summed E-state index contributed by atoms with van der Waals surface area (Å²) in [6.07, 6.45) is 1.70. The summed E-state index contributed by atoms with van der Waals surface area (Å²) in [4.78, 5) is 17.8. The molecule has 6 heteroatoms. The minimum atomic E-state index is -0.00998. The highest BCUT2D eigenvalue weighted by molar-refractivity contribution is 9.10. The molecule has 1 fully saturated rings. The predicted molar refractivity (Wildman–Crippen MR) is 62.6 cm³/mol. The predicted octanol–water partition coefficient (Wildman–Crippen LogP) is 0.964. The highest BCUT2D eigenvalue weighted by Crippen LogP contribution is 2.26. The van der Waals surface area contributed by atoms with Gasteiger partial charge in [-0.25, -0.2) is 4.98 Å². The molecule has 0 unspecified atom stereocenters. The lowest BCUT2D eigenvalue weighted by Gasteiger charge is -2.32. The van der Waals surface area contributed by atoms with Gasteiger partial charge in [0, 0.05) is 16.2 Å². The quantitative estimate of drug-likeness (QED) is 0.716. The molecule has 0 aliphatic carbocycles. The van der Waals surface area contributed by atoms with Crippen molar-refractivity contribution in [2.75, 3.05) is 19.8 Å². The van der Waals surface area contributed by atoms with E-state index in [0.29, 0.717) is 25.6 Å². The molecule has 0 aromatic carbocycles. The smallest absolute Gasteiger partial charge is 0.249 e. The summed E-state index contributed by atoms with van der Waals surface area (Å²) in [6, 6.07) is 1.93. The molecule has 17 heavy (non-hydrogen) atoms. The summed E-state index contributed by atoms with van der Waals surface area (Å²) in [5.41, 5.74) is 0.928. The van der Waals surface area contributed by atoms with E-state index in [1.54, 1.807) is 6.20 Å². The zero-order chi connectivity index (χ0) is 11.8. The minimum absolute atomic E-state index is 0.00998. The molecule has 1 saturated heterocycles. The number of hydrogen-bond acceptors (Lipinski definition) is 4. The maximum atomic E-state index is 11.8. The number of carbonyl (C=O) groups excluding carboxylic acids is 1. The zero-order valence-electron chi connectivity index (χ0n) is 9.06. The average Bonchev–Trinajstić information content (AvgIpc) is 2.49. The van der Waals surface area contributed by atoms with Crippen molar-refractivity contribution < 1.29 is 14.3 Å². The van der Waals surface area contributed by atoms with Crippen LogP contribution in [-0.4, -0.2) is 41.7 Å². The highest BCUT2D eigenvalue weighted by Gasteiger charge is 2.32. The maximum Gasteiger partial charge on any atom is 0.249 e. The number of ether oxygens (including phenoxy) is 2. The van der Waals surface area contributed by atoms with E-state index in [1.807, 2.05) is 11.0 Å². The van der Waals surface area contributed by atoms with E-state index in [4.69, 9.17) is 9.47 Å². The second kappa shape index (κ2) is 4.27. The van der Waals surface area contributed by atoms with Gasteiger partial charge in [-0.1, -0.05) is 0 Å². The lowest BCUT2D eigenvalue weighted by Crippen LogP contribution is -2.50. The Bertz CT molecular complexity index is 466. The molecule has 90 valence electrons. The maximum absolute atomic E-state index is 11.8. The highest BCUT2D eigenvalue weighted by atomic mass is 79.9. The second-order valence-corrected chi connectivity index (χ2v) is 5.04. The van der Waals surface area contributed by atoms with Crippen molar-refractivity contribution in [1.29, 1.82) is 0 Å². The summed E-state index contributed by atoms with van der Waals surface area (Å²) in [5, 5.41) is 0. The molecular formula is C11H11BrN2O3. The number of fused-ring (bicyclic) bond motifs is 2. The molecule has 1 amide bonds. The first-order valence-electron chi connectivity index (χ1n) is 5.38. The van der Waals surface area contributed by atoms with Crippen LogP contribution in [0.4, 0.5) is 0 Å². The molecule has 1 aromatic rings. The Kier molecular flexibility index (Phi) is 2.76. The third kappa shape index (κ3) is 2.02. The summed E-state index contributed by atoms with van der Waals surface area (Å²) >= 11 is 3.37. The second-order valence-electron chi connectivity index (χ2n) is 4.12. The number of pyridine rings is 1. The standard InChI is InChI=1S/C11H11BrN2O3/c12-8-1-7-3-14-9(4-16-6-10(14)15)5-17-11(7)13-2-8/h1-2,9H,3-6H2/t9-/m0/s1. The number of aromatic nitrogens is 1. The number of carbonyl (C=O) groups is 1. The topological polar surface area (TPSA) is 51.7 Å². The Hall–Kier alpha value is -1.14. The fourth-order valence-corrected chi connectivity index (χ4v) is 2.46. The van der Waals surface area contributed by atoms with Crippen molar-refractivity contribution in [3.05, 3.63) is 22.3 Å². The van der Waals surface area contributed by atoms with Crippen LogP contribution < -0.4 is 4.74 Å². The van der Waals surface area contributed by atoms with Gasteiger partial charge in [0.15, 0.2) is 0 Å². The first-order valence-corrected chi connectivity index (χ1v) is 6.18. The third-order valence-corrected chi connectivity index (χ3v) is 3.38. The van der Waals surface area contributed by atoms with Crippen LogP contribution >= 0.6 is 15.9 Å². The summed E-state index contributed by atoms with van der Waals surface area (Å²) < 4.78 is 11.7. The molecule has 5 nitrogen and oxygen atoms in total. The van der Waals surface area contributed by atoms with Crippen LogP contribution in [0.3, 0.4) is 0 Å². The van der Waals surface area contributed by atoms with E-state index in [2.05, 4.69) is 20.9 Å². The van der Waals surface area contributed by atoms with Crippen LogP contribution in [0.15, 0.2) is 16.7 Å². The van der Waals surface area contributed by atoms with E-state index in [-0.39, 0.29) is 18.6 Å². The molecule has 0 spiro atoms.